The minimum absolute atomic E-state index is 0.215. The molecule has 0 radical (unpaired) electrons. The molecule has 0 saturated carbocycles. The van der Waals surface area contributed by atoms with E-state index in [0.29, 0.717) is 0 Å². The van der Waals surface area contributed by atoms with Crippen molar-refractivity contribution in [2.75, 3.05) is 0 Å². The van der Waals surface area contributed by atoms with Crippen molar-refractivity contribution in [3.8, 4) is 0 Å². The molecule has 0 aliphatic heterocycles. The number of hydrogen-bond donors (Lipinski definition) is 1. The average molecular weight is 243 g/mol. The molecule has 0 aliphatic rings. The third-order valence-electron chi connectivity index (χ3n) is 3.30. The van der Waals surface area contributed by atoms with Crippen LogP contribution in [-0.2, 0) is 13.0 Å². The standard InChI is InChI=1S/C15H21N3/c1-3-14(16)8-15-10-18(11-17-15)9-13-7-5-4-6-12(13)2/h4-7,10-11,14H,3,8-9,16H2,1-2H3. The second-order valence-corrected chi connectivity index (χ2v) is 4.84. The maximum Gasteiger partial charge on any atom is 0.0952 e. The van der Waals surface area contributed by atoms with Crippen molar-refractivity contribution in [2.45, 2.75) is 39.3 Å². The lowest BCUT2D eigenvalue weighted by Gasteiger charge is -2.06. The van der Waals surface area contributed by atoms with E-state index in [4.69, 9.17) is 5.73 Å². The van der Waals surface area contributed by atoms with Crippen LogP contribution < -0.4 is 5.73 Å². The van der Waals surface area contributed by atoms with Crippen LogP contribution >= 0.6 is 0 Å². The van der Waals surface area contributed by atoms with Crippen molar-refractivity contribution in [2.24, 2.45) is 5.73 Å². The molecule has 18 heavy (non-hydrogen) atoms. The van der Waals surface area contributed by atoms with E-state index in [1.54, 1.807) is 0 Å². The van der Waals surface area contributed by atoms with E-state index in [-0.39, 0.29) is 6.04 Å². The van der Waals surface area contributed by atoms with Gasteiger partial charge in [0, 0.05) is 25.2 Å². The zero-order valence-electron chi connectivity index (χ0n) is 11.1. The van der Waals surface area contributed by atoms with Gasteiger partial charge in [-0.3, -0.25) is 0 Å². The van der Waals surface area contributed by atoms with Crippen LogP contribution in [-0.4, -0.2) is 15.6 Å². The van der Waals surface area contributed by atoms with E-state index >= 15 is 0 Å². The Kier molecular flexibility index (Phi) is 4.15. The summed E-state index contributed by atoms with van der Waals surface area (Å²) in [6.45, 7) is 5.12. The number of aromatic nitrogens is 2. The molecule has 0 aliphatic carbocycles. The smallest absolute Gasteiger partial charge is 0.0952 e. The molecule has 3 nitrogen and oxygen atoms in total. The maximum absolute atomic E-state index is 5.94. The van der Waals surface area contributed by atoms with Crippen molar-refractivity contribution in [3.63, 3.8) is 0 Å². The molecular weight excluding hydrogens is 222 g/mol. The highest BCUT2D eigenvalue weighted by Crippen LogP contribution is 2.10. The highest BCUT2D eigenvalue weighted by molar-refractivity contribution is 5.25. The van der Waals surface area contributed by atoms with Crippen molar-refractivity contribution < 1.29 is 0 Å². The van der Waals surface area contributed by atoms with Crippen molar-refractivity contribution in [3.05, 3.63) is 53.6 Å². The molecule has 0 fully saturated rings. The number of benzene rings is 1. The summed E-state index contributed by atoms with van der Waals surface area (Å²) in [5.41, 5.74) is 9.68. The number of hydrogen-bond acceptors (Lipinski definition) is 2. The topological polar surface area (TPSA) is 43.8 Å². The number of rotatable bonds is 5. The molecule has 96 valence electrons. The molecular formula is C15H21N3. The Morgan fingerprint density at radius 3 is 2.83 bits per heavy atom. The van der Waals surface area contributed by atoms with Gasteiger partial charge in [-0.25, -0.2) is 4.98 Å². The number of imidazole rings is 1. The van der Waals surface area contributed by atoms with Crippen LogP contribution in [0.1, 0.15) is 30.2 Å². The SMILES string of the molecule is CCC(N)Cc1cn(Cc2ccccc2C)cn1. The molecule has 1 aromatic heterocycles. The van der Waals surface area contributed by atoms with Crippen LogP contribution in [0.15, 0.2) is 36.8 Å². The van der Waals surface area contributed by atoms with Crippen LogP contribution in [0.5, 0.6) is 0 Å². The molecule has 0 amide bonds. The van der Waals surface area contributed by atoms with Crippen LogP contribution in [0.2, 0.25) is 0 Å². The molecule has 2 aromatic rings. The molecule has 0 bridgehead atoms. The van der Waals surface area contributed by atoms with Gasteiger partial charge in [-0.2, -0.15) is 0 Å². The Morgan fingerprint density at radius 1 is 1.33 bits per heavy atom. The third-order valence-corrected chi connectivity index (χ3v) is 3.30. The van der Waals surface area contributed by atoms with Gasteiger partial charge in [0.25, 0.3) is 0 Å². The average Bonchev–Trinajstić information content (AvgIpc) is 2.79. The molecule has 1 heterocycles. The van der Waals surface area contributed by atoms with E-state index in [1.807, 2.05) is 6.33 Å². The van der Waals surface area contributed by atoms with Crippen LogP contribution in [0.25, 0.3) is 0 Å². The fourth-order valence-electron chi connectivity index (χ4n) is 2.00. The first kappa shape index (κ1) is 12.8. The molecule has 3 heteroatoms. The highest BCUT2D eigenvalue weighted by Gasteiger charge is 2.05. The molecule has 2 N–H and O–H groups in total. The van der Waals surface area contributed by atoms with Crippen LogP contribution in [0.3, 0.4) is 0 Å². The second kappa shape index (κ2) is 5.83. The molecule has 1 atom stereocenters. The van der Waals surface area contributed by atoms with Gasteiger partial charge in [-0.15, -0.1) is 0 Å². The van der Waals surface area contributed by atoms with Gasteiger partial charge in [0.05, 0.1) is 12.0 Å². The summed E-state index contributed by atoms with van der Waals surface area (Å²) in [5, 5.41) is 0. The Bertz CT molecular complexity index is 502. The molecule has 0 saturated heterocycles. The first-order valence-electron chi connectivity index (χ1n) is 6.49. The summed E-state index contributed by atoms with van der Waals surface area (Å²) in [6.07, 6.45) is 5.84. The zero-order valence-corrected chi connectivity index (χ0v) is 11.1. The quantitative estimate of drug-likeness (QED) is 0.877. The third kappa shape index (κ3) is 3.20. The Labute approximate surface area is 109 Å². The number of nitrogens with zero attached hydrogens (tertiary/aromatic N) is 2. The predicted molar refractivity (Wildman–Crippen MR) is 74.5 cm³/mol. The Balaban J connectivity index is 2.05. The van der Waals surface area contributed by atoms with Crippen molar-refractivity contribution in [1.29, 1.82) is 0 Å². The summed E-state index contributed by atoms with van der Waals surface area (Å²) in [5.74, 6) is 0. The predicted octanol–water partition coefficient (Wildman–Crippen LogP) is 2.52. The minimum Gasteiger partial charge on any atom is -0.333 e. The Hall–Kier alpha value is -1.61. The van der Waals surface area contributed by atoms with Gasteiger partial charge in [-0.05, 0) is 24.5 Å². The fraction of sp³-hybridized carbons (Fsp3) is 0.400. The van der Waals surface area contributed by atoms with Gasteiger partial charge in [-0.1, -0.05) is 31.2 Å². The lowest BCUT2D eigenvalue weighted by Crippen LogP contribution is -2.21. The number of aryl methyl sites for hydroxylation is 1. The van der Waals surface area contributed by atoms with Gasteiger partial charge in [0.2, 0.25) is 0 Å². The monoisotopic (exact) mass is 243 g/mol. The van der Waals surface area contributed by atoms with Gasteiger partial charge in [0.1, 0.15) is 0 Å². The summed E-state index contributed by atoms with van der Waals surface area (Å²) < 4.78 is 2.13. The Morgan fingerprint density at radius 2 is 2.11 bits per heavy atom. The second-order valence-electron chi connectivity index (χ2n) is 4.84. The molecule has 0 spiro atoms. The minimum atomic E-state index is 0.215. The van der Waals surface area contributed by atoms with Gasteiger partial charge in [0.15, 0.2) is 0 Å². The van der Waals surface area contributed by atoms with Crippen LogP contribution in [0, 0.1) is 6.92 Å². The van der Waals surface area contributed by atoms with E-state index in [0.717, 1.165) is 25.1 Å². The molecule has 1 unspecified atom stereocenters. The molecule has 2 rings (SSSR count). The zero-order chi connectivity index (χ0) is 13.0. The van der Waals surface area contributed by atoms with E-state index in [9.17, 15) is 0 Å². The number of nitrogens with two attached hydrogens (primary N) is 1. The van der Waals surface area contributed by atoms with Gasteiger partial charge < -0.3 is 10.3 Å². The summed E-state index contributed by atoms with van der Waals surface area (Å²) in [7, 11) is 0. The van der Waals surface area contributed by atoms with E-state index in [2.05, 4.69) is 53.9 Å². The first-order chi connectivity index (χ1) is 8.69. The van der Waals surface area contributed by atoms with Crippen molar-refractivity contribution in [1.82, 2.24) is 9.55 Å². The van der Waals surface area contributed by atoms with E-state index in [1.165, 1.54) is 11.1 Å². The highest BCUT2D eigenvalue weighted by atomic mass is 15.0. The lowest BCUT2D eigenvalue weighted by atomic mass is 10.1. The van der Waals surface area contributed by atoms with Crippen LogP contribution in [0.4, 0.5) is 0 Å². The normalized spacial score (nSPS) is 12.6. The summed E-state index contributed by atoms with van der Waals surface area (Å²) >= 11 is 0. The lowest BCUT2D eigenvalue weighted by molar-refractivity contribution is 0.638. The summed E-state index contributed by atoms with van der Waals surface area (Å²) in [4.78, 5) is 4.41. The first-order valence-corrected chi connectivity index (χ1v) is 6.49. The fourth-order valence-corrected chi connectivity index (χ4v) is 2.00. The summed E-state index contributed by atoms with van der Waals surface area (Å²) in [6, 6.07) is 8.66. The largest absolute Gasteiger partial charge is 0.333 e. The van der Waals surface area contributed by atoms with Crippen molar-refractivity contribution >= 4 is 0 Å². The van der Waals surface area contributed by atoms with E-state index < -0.39 is 0 Å². The molecule has 1 aromatic carbocycles. The van der Waals surface area contributed by atoms with Gasteiger partial charge >= 0.3 is 0 Å². The maximum atomic E-state index is 5.94.